The molecule has 1 N–H and O–H groups in total. The zero-order valence-corrected chi connectivity index (χ0v) is 11.1. The second-order valence-electron chi connectivity index (χ2n) is 4.41. The van der Waals surface area contributed by atoms with Gasteiger partial charge in [0, 0.05) is 9.29 Å². The van der Waals surface area contributed by atoms with Crippen molar-refractivity contribution in [1.29, 1.82) is 5.41 Å². The maximum Gasteiger partial charge on any atom is 0.00873 e. The summed E-state index contributed by atoms with van der Waals surface area (Å²) >= 11 is 2.36. The first-order valence-corrected chi connectivity index (χ1v) is 6.19. The van der Waals surface area contributed by atoms with Gasteiger partial charge in [-0.15, -0.1) is 0 Å². The molecule has 0 amide bonds. The Hall–Kier alpha value is -0.120. The van der Waals surface area contributed by atoms with Crippen LogP contribution in [-0.2, 0) is 0 Å². The molecule has 1 rings (SSSR count). The Bertz CT molecular complexity index is 278. The Morgan fingerprint density at radius 3 is 2.86 bits per heavy atom. The largest absolute Gasteiger partial charge is 0.310 e. The van der Waals surface area contributed by atoms with Crippen LogP contribution in [0.15, 0.2) is 21.8 Å². The van der Waals surface area contributed by atoms with Crippen LogP contribution in [0.2, 0.25) is 0 Å². The molecule has 14 heavy (non-hydrogen) atoms. The van der Waals surface area contributed by atoms with E-state index in [0.29, 0.717) is 5.41 Å². The standard InChI is InChI=1S/C12H18IN/c1-10(14)4-3-7-12(2)8-5-11(13)6-9-12/h5-6,8,14H,3-4,7,9H2,1-2H3/t12-/m1/s1. The van der Waals surface area contributed by atoms with Crippen molar-refractivity contribution in [2.75, 3.05) is 0 Å². The van der Waals surface area contributed by atoms with Crippen molar-refractivity contribution in [3.05, 3.63) is 21.8 Å². The van der Waals surface area contributed by atoms with Gasteiger partial charge in [0.1, 0.15) is 0 Å². The molecular formula is C12H18IN. The Labute approximate surface area is 100 Å². The number of rotatable bonds is 4. The zero-order valence-electron chi connectivity index (χ0n) is 8.94. The lowest BCUT2D eigenvalue weighted by molar-refractivity contribution is 0.383. The van der Waals surface area contributed by atoms with Crippen LogP contribution in [-0.4, -0.2) is 5.71 Å². The second-order valence-corrected chi connectivity index (χ2v) is 5.66. The number of hydrogen-bond acceptors (Lipinski definition) is 1. The number of allylic oxidation sites excluding steroid dienone is 4. The third-order valence-corrected chi connectivity index (χ3v) is 3.51. The van der Waals surface area contributed by atoms with Crippen molar-refractivity contribution in [1.82, 2.24) is 0 Å². The molecule has 0 heterocycles. The van der Waals surface area contributed by atoms with Gasteiger partial charge < -0.3 is 5.41 Å². The third-order valence-electron chi connectivity index (χ3n) is 2.71. The predicted molar refractivity (Wildman–Crippen MR) is 71.2 cm³/mol. The van der Waals surface area contributed by atoms with Crippen molar-refractivity contribution in [2.45, 2.75) is 39.5 Å². The lowest BCUT2D eigenvalue weighted by Crippen LogP contribution is -2.14. The maximum absolute atomic E-state index is 7.38. The van der Waals surface area contributed by atoms with E-state index in [2.05, 4.69) is 47.7 Å². The molecule has 0 saturated carbocycles. The average molecular weight is 303 g/mol. The van der Waals surface area contributed by atoms with Crippen LogP contribution in [0.25, 0.3) is 0 Å². The van der Waals surface area contributed by atoms with Gasteiger partial charge in [0.05, 0.1) is 0 Å². The van der Waals surface area contributed by atoms with Gasteiger partial charge in [0.15, 0.2) is 0 Å². The molecule has 0 aromatic carbocycles. The molecule has 0 radical (unpaired) electrons. The van der Waals surface area contributed by atoms with Gasteiger partial charge in [0.25, 0.3) is 0 Å². The molecule has 1 atom stereocenters. The molecule has 0 unspecified atom stereocenters. The van der Waals surface area contributed by atoms with E-state index in [-0.39, 0.29) is 0 Å². The van der Waals surface area contributed by atoms with Gasteiger partial charge >= 0.3 is 0 Å². The molecule has 0 spiro atoms. The Morgan fingerprint density at radius 1 is 1.64 bits per heavy atom. The quantitative estimate of drug-likeness (QED) is 0.585. The summed E-state index contributed by atoms with van der Waals surface area (Å²) in [7, 11) is 0. The summed E-state index contributed by atoms with van der Waals surface area (Å²) in [5.41, 5.74) is 1.14. The van der Waals surface area contributed by atoms with Gasteiger partial charge in [-0.25, -0.2) is 0 Å². The Kier molecular flexibility index (Phi) is 4.35. The van der Waals surface area contributed by atoms with Crippen molar-refractivity contribution >= 4 is 28.3 Å². The topological polar surface area (TPSA) is 23.9 Å². The monoisotopic (exact) mass is 303 g/mol. The molecule has 0 aliphatic heterocycles. The smallest absolute Gasteiger partial charge is 0.00873 e. The molecule has 0 fully saturated rings. The fourth-order valence-corrected chi connectivity index (χ4v) is 2.09. The van der Waals surface area contributed by atoms with Gasteiger partial charge in [-0.2, -0.15) is 0 Å². The fraction of sp³-hybridized carbons (Fsp3) is 0.583. The predicted octanol–water partition coefficient (Wildman–Crippen LogP) is 4.48. The van der Waals surface area contributed by atoms with Crippen molar-refractivity contribution in [2.24, 2.45) is 5.41 Å². The molecule has 1 nitrogen and oxygen atoms in total. The molecule has 1 aliphatic rings. The van der Waals surface area contributed by atoms with Crippen molar-refractivity contribution in [3.63, 3.8) is 0 Å². The lowest BCUT2D eigenvalue weighted by Gasteiger charge is -2.27. The van der Waals surface area contributed by atoms with Crippen LogP contribution in [0.1, 0.15) is 39.5 Å². The highest BCUT2D eigenvalue weighted by Crippen LogP contribution is 2.35. The molecule has 2 heteroatoms. The summed E-state index contributed by atoms with van der Waals surface area (Å²) in [6, 6.07) is 0. The van der Waals surface area contributed by atoms with Crippen LogP contribution in [0, 0.1) is 10.8 Å². The van der Waals surface area contributed by atoms with Gasteiger partial charge in [-0.1, -0.05) is 25.2 Å². The van der Waals surface area contributed by atoms with Gasteiger partial charge in [-0.3, -0.25) is 0 Å². The zero-order chi connectivity index (χ0) is 10.6. The minimum atomic E-state index is 0.337. The molecule has 0 bridgehead atoms. The third kappa shape index (κ3) is 3.95. The summed E-state index contributed by atoms with van der Waals surface area (Å²) < 4.78 is 1.35. The number of halogens is 1. The lowest BCUT2D eigenvalue weighted by atomic mass is 9.79. The van der Waals surface area contributed by atoms with Gasteiger partial charge in [-0.05, 0) is 60.6 Å². The van der Waals surface area contributed by atoms with Crippen LogP contribution in [0.3, 0.4) is 0 Å². The molecule has 0 aromatic rings. The Balaban J connectivity index is 2.38. The molecule has 0 aromatic heterocycles. The second kappa shape index (κ2) is 5.10. The highest BCUT2D eigenvalue weighted by atomic mass is 127. The van der Waals surface area contributed by atoms with E-state index >= 15 is 0 Å². The number of nitrogens with one attached hydrogen (secondary N) is 1. The van der Waals surface area contributed by atoms with E-state index in [1.807, 2.05) is 6.92 Å². The van der Waals surface area contributed by atoms with Crippen LogP contribution in [0.4, 0.5) is 0 Å². The number of hydrogen-bond donors (Lipinski definition) is 1. The maximum atomic E-state index is 7.38. The summed E-state index contributed by atoms with van der Waals surface area (Å²) in [4.78, 5) is 0. The first-order valence-electron chi connectivity index (χ1n) is 5.11. The normalized spacial score (nSPS) is 26.1. The van der Waals surface area contributed by atoms with E-state index in [4.69, 9.17) is 5.41 Å². The summed E-state index contributed by atoms with van der Waals surface area (Å²) in [6.07, 6.45) is 11.3. The van der Waals surface area contributed by atoms with Crippen molar-refractivity contribution in [3.8, 4) is 0 Å². The molecular weight excluding hydrogens is 285 g/mol. The minimum Gasteiger partial charge on any atom is -0.310 e. The van der Waals surface area contributed by atoms with Crippen molar-refractivity contribution < 1.29 is 0 Å². The van der Waals surface area contributed by atoms with Crippen LogP contribution >= 0.6 is 22.6 Å². The molecule has 78 valence electrons. The first kappa shape index (κ1) is 12.0. The van der Waals surface area contributed by atoms with E-state index < -0.39 is 0 Å². The summed E-state index contributed by atoms with van der Waals surface area (Å²) in [5.74, 6) is 0. The SMILES string of the molecule is CC(=N)CCC[C@]1(C)C=CC(I)=CC1. The van der Waals surface area contributed by atoms with E-state index in [1.54, 1.807) is 0 Å². The first-order chi connectivity index (χ1) is 6.52. The van der Waals surface area contributed by atoms with E-state index in [0.717, 1.165) is 25.0 Å². The van der Waals surface area contributed by atoms with E-state index in [9.17, 15) is 0 Å². The highest BCUT2D eigenvalue weighted by molar-refractivity contribution is 14.1. The van der Waals surface area contributed by atoms with Crippen LogP contribution in [0.5, 0.6) is 0 Å². The van der Waals surface area contributed by atoms with E-state index in [1.165, 1.54) is 10.0 Å². The minimum absolute atomic E-state index is 0.337. The average Bonchev–Trinajstić information content (AvgIpc) is 2.10. The summed E-state index contributed by atoms with van der Waals surface area (Å²) in [5, 5.41) is 7.38. The molecule has 0 saturated heterocycles. The fourth-order valence-electron chi connectivity index (χ4n) is 1.69. The summed E-state index contributed by atoms with van der Waals surface area (Å²) in [6.45, 7) is 4.20. The molecule has 1 aliphatic carbocycles. The highest BCUT2D eigenvalue weighted by Gasteiger charge is 2.21. The Morgan fingerprint density at radius 2 is 2.36 bits per heavy atom. The van der Waals surface area contributed by atoms with Gasteiger partial charge in [0.2, 0.25) is 0 Å². The van der Waals surface area contributed by atoms with Crippen LogP contribution < -0.4 is 0 Å².